The van der Waals surface area contributed by atoms with E-state index >= 15 is 0 Å². The van der Waals surface area contributed by atoms with Crippen LogP contribution in [0.3, 0.4) is 0 Å². The Hall–Kier alpha value is -3.09. The Bertz CT molecular complexity index is 963. The van der Waals surface area contributed by atoms with Crippen molar-refractivity contribution in [1.82, 2.24) is 9.55 Å². The average molecular weight is 365 g/mol. The Kier molecular flexibility index (Phi) is 4.66. The number of rotatable bonds is 3. The van der Waals surface area contributed by atoms with Gasteiger partial charge in [0.1, 0.15) is 11.9 Å². The van der Waals surface area contributed by atoms with E-state index in [0.717, 1.165) is 30.7 Å². The van der Waals surface area contributed by atoms with Gasteiger partial charge in [-0.05, 0) is 38.3 Å². The van der Waals surface area contributed by atoms with E-state index in [1.807, 2.05) is 31.2 Å². The number of nitrogens with zero attached hydrogens (tertiary/aromatic N) is 3. The van der Waals surface area contributed by atoms with Gasteiger partial charge in [-0.2, -0.15) is 0 Å². The molecule has 2 aliphatic rings. The molecule has 2 N–H and O–H groups in total. The van der Waals surface area contributed by atoms with Gasteiger partial charge in [0.25, 0.3) is 5.56 Å². The number of allylic oxidation sites excluding steroid dienone is 2. The number of hydrogen-bond donors (Lipinski definition) is 2. The number of guanidine groups is 1. The molecule has 0 radical (unpaired) electrons. The molecule has 7 nitrogen and oxygen atoms in total. The monoisotopic (exact) mass is 365 g/mol. The number of methoxy groups -OCH3 is 1. The molecule has 0 saturated carbocycles. The van der Waals surface area contributed by atoms with E-state index in [9.17, 15) is 4.79 Å². The second-order valence-electron chi connectivity index (χ2n) is 6.82. The Morgan fingerprint density at radius 3 is 2.93 bits per heavy atom. The van der Waals surface area contributed by atoms with Crippen molar-refractivity contribution >= 4 is 17.6 Å². The maximum absolute atomic E-state index is 12.7. The summed E-state index contributed by atoms with van der Waals surface area (Å²) in [6.07, 6.45) is 6.96. The minimum atomic E-state index is -0.288. The maximum Gasteiger partial charge on any atom is 0.256 e. The molecule has 2 heterocycles. The van der Waals surface area contributed by atoms with Gasteiger partial charge < -0.3 is 10.1 Å². The largest absolute Gasteiger partial charge is 0.495 e. The summed E-state index contributed by atoms with van der Waals surface area (Å²) in [6, 6.07) is 9.21. The van der Waals surface area contributed by atoms with Gasteiger partial charge in [0.2, 0.25) is 11.9 Å². The van der Waals surface area contributed by atoms with Crippen LogP contribution in [0.5, 0.6) is 5.75 Å². The van der Waals surface area contributed by atoms with Gasteiger partial charge in [0.05, 0.1) is 12.8 Å². The van der Waals surface area contributed by atoms with Crippen LogP contribution in [0.15, 0.2) is 52.3 Å². The number of para-hydroxylation sites is 2. The number of anilines is 2. The van der Waals surface area contributed by atoms with E-state index in [4.69, 9.17) is 9.73 Å². The standard InChI is InChI=1S/C20H23N5O2/c1-13-12-17(26)25-18(14-8-4-3-5-9-14)23-19(24-20(25)21-13)22-15-10-6-7-11-16(15)27-2/h3-4,6-7,10-12,14,18H,5,8-9H2,1-2H3,(H2,21,22,23,24)/t14-,18+/m0/s1. The topological polar surface area (TPSA) is 80.5 Å². The quantitative estimate of drug-likeness (QED) is 0.816. The van der Waals surface area contributed by atoms with Gasteiger partial charge >= 0.3 is 0 Å². The molecule has 0 bridgehead atoms. The maximum atomic E-state index is 12.7. The van der Waals surface area contributed by atoms with Crippen molar-refractivity contribution in [3.63, 3.8) is 0 Å². The Morgan fingerprint density at radius 2 is 2.15 bits per heavy atom. The molecule has 140 valence electrons. The summed E-state index contributed by atoms with van der Waals surface area (Å²) in [6.45, 7) is 1.82. The van der Waals surface area contributed by atoms with Crippen molar-refractivity contribution in [1.29, 1.82) is 0 Å². The minimum Gasteiger partial charge on any atom is -0.495 e. The van der Waals surface area contributed by atoms with E-state index in [2.05, 4.69) is 27.8 Å². The first kappa shape index (κ1) is 17.3. The molecule has 7 heteroatoms. The molecule has 0 unspecified atom stereocenters. The molecule has 4 rings (SSSR count). The van der Waals surface area contributed by atoms with E-state index in [1.165, 1.54) is 0 Å². The van der Waals surface area contributed by atoms with Crippen molar-refractivity contribution < 1.29 is 4.74 Å². The number of benzene rings is 1. The number of aryl methyl sites for hydroxylation is 1. The first-order chi connectivity index (χ1) is 13.2. The molecular formula is C20H23N5O2. The third kappa shape index (κ3) is 3.45. The molecule has 0 spiro atoms. The highest BCUT2D eigenvalue weighted by Gasteiger charge is 2.30. The molecule has 2 atom stereocenters. The summed E-state index contributed by atoms with van der Waals surface area (Å²) in [5, 5.41) is 6.45. The molecule has 0 saturated heterocycles. The molecule has 1 aliphatic heterocycles. The van der Waals surface area contributed by atoms with Crippen molar-refractivity contribution in [2.24, 2.45) is 10.9 Å². The van der Waals surface area contributed by atoms with E-state index in [0.29, 0.717) is 17.6 Å². The van der Waals surface area contributed by atoms with Crippen LogP contribution in [0.1, 0.15) is 31.1 Å². The van der Waals surface area contributed by atoms with Crippen LogP contribution in [0.4, 0.5) is 11.6 Å². The average Bonchev–Trinajstić information content (AvgIpc) is 2.68. The third-order valence-electron chi connectivity index (χ3n) is 4.93. The fourth-order valence-electron chi connectivity index (χ4n) is 3.62. The predicted octanol–water partition coefficient (Wildman–Crippen LogP) is 3.31. The first-order valence-electron chi connectivity index (χ1n) is 9.16. The molecule has 2 aromatic rings. The normalized spacial score (nSPS) is 21.0. The van der Waals surface area contributed by atoms with Gasteiger partial charge in [0.15, 0.2) is 0 Å². The fourth-order valence-corrected chi connectivity index (χ4v) is 3.62. The predicted molar refractivity (Wildman–Crippen MR) is 106 cm³/mol. The van der Waals surface area contributed by atoms with Gasteiger partial charge in [-0.1, -0.05) is 24.3 Å². The molecule has 27 heavy (non-hydrogen) atoms. The van der Waals surface area contributed by atoms with Crippen molar-refractivity contribution in [3.8, 4) is 5.75 Å². The van der Waals surface area contributed by atoms with Gasteiger partial charge in [-0.15, -0.1) is 0 Å². The lowest BCUT2D eigenvalue weighted by molar-refractivity contribution is 0.308. The zero-order chi connectivity index (χ0) is 18.8. The van der Waals surface area contributed by atoms with Crippen LogP contribution < -0.4 is 20.9 Å². The van der Waals surface area contributed by atoms with E-state index in [1.54, 1.807) is 17.7 Å². The highest BCUT2D eigenvalue weighted by molar-refractivity contribution is 6.04. The Balaban J connectivity index is 1.73. The van der Waals surface area contributed by atoms with Crippen molar-refractivity contribution in [2.75, 3.05) is 17.7 Å². The summed E-state index contributed by atoms with van der Waals surface area (Å²) in [4.78, 5) is 22.0. The highest BCUT2D eigenvalue weighted by Crippen LogP contribution is 2.34. The molecule has 1 aromatic heterocycles. The van der Waals surface area contributed by atoms with E-state index in [-0.39, 0.29) is 17.6 Å². The number of fused-ring (bicyclic) bond motifs is 1. The molecule has 1 aliphatic carbocycles. The molecule has 0 fully saturated rings. The highest BCUT2D eigenvalue weighted by atomic mass is 16.5. The van der Waals surface area contributed by atoms with Gasteiger partial charge in [-0.25, -0.2) is 9.98 Å². The number of aliphatic imine (C=N–C) groups is 1. The SMILES string of the molecule is COc1ccccc1NC1=N[C@@H]([C@H]2CC=CCC2)n2c(nc(C)cc2=O)N1. The minimum absolute atomic E-state index is 0.0790. The fraction of sp³-hybridized carbons (Fsp3) is 0.350. The number of ether oxygens (including phenoxy) is 1. The number of hydrogen-bond acceptors (Lipinski definition) is 6. The summed E-state index contributed by atoms with van der Waals surface area (Å²) in [5.41, 5.74) is 1.40. The van der Waals surface area contributed by atoms with Crippen LogP contribution in [0.25, 0.3) is 0 Å². The summed E-state index contributed by atoms with van der Waals surface area (Å²) >= 11 is 0. The first-order valence-corrected chi connectivity index (χ1v) is 9.16. The zero-order valence-electron chi connectivity index (χ0n) is 15.5. The summed E-state index contributed by atoms with van der Waals surface area (Å²) in [5.74, 6) is 2.07. The Labute approximate surface area is 157 Å². The van der Waals surface area contributed by atoms with Crippen molar-refractivity contribution in [3.05, 3.63) is 58.5 Å². The zero-order valence-corrected chi connectivity index (χ0v) is 15.5. The van der Waals surface area contributed by atoms with Crippen LogP contribution in [-0.2, 0) is 0 Å². The molecule has 1 aromatic carbocycles. The summed E-state index contributed by atoms with van der Waals surface area (Å²) < 4.78 is 7.08. The van der Waals surface area contributed by atoms with Crippen LogP contribution in [0.2, 0.25) is 0 Å². The smallest absolute Gasteiger partial charge is 0.256 e. The third-order valence-corrected chi connectivity index (χ3v) is 4.93. The second-order valence-corrected chi connectivity index (χ2v) is 6.82. The lowest BCUT2D eigenvalue weighted by Crippen LogP contribution is -2.40. The second kappa shape index (κ2) is 7.26. The van der Waals surface area contributed by atoms with E-state index < -0.39 is 0 Å². The summed E-state index contributed by atoms with van der Waals surface area (Å²) in [7, 11) is 1.63. The molecule has 0 amide bonds. The molecular weight excluding hydrogens is 342 g/mol. The Morgan fingerprint density at radius 1 is 1.30 bits per heavy atom. The van der Waals surface area contributed by atoms with Crippen LogP contribution >= 0.6 is 0 Å². The lowest BCUT2D eigenvalue weighted by Gasteiger charge is -2.32. The van der Waals surface area contributed by atoms with Crippen LogP contribution in [0, 0.1) is 12.8 Å². The number of aromatic nitrogens is 2. The van der Waals surface area contributed by atoms with Gasteiger partial charge in [-0.3, -0.25) is 14.7 Å². The lowest BCUT2D eigenvalue weighted by atomic mass is 9.91. The van der Waals surface area contributed by atoms with Gasteiger partial charge in [0, 0.05) is 17.7 Å². The van der Waals surface area contributed by atoms with Crippen molar-refractivity contribution in [2.45, 2.75) is 32.4 Å². The van der Waals surface area contributed by atoms with Crippen LogP contribution in [-0.4, -0.2) is 22.6 Å². The number of nitrogens with one attached hydrogen (secondary N) is 2.